The van der Waals surface area contributed by atoms with Crippen LogP contribution >= 0.6 is 0 Å². The van der Waals surface area contributed by atoms with Gasteiger partial charge in [0.1, 0.15) is 0 Å². The Balaban J connectivity index is 1.46. The van der Waals surface area contributed by atoms with Crippen LogP contribution in [0.1, 0.15) is 58.3 Å². The molecule has 0 aromatic rings. The number of rotatable bonds is 4. The lowest BCUT2D eigenvalue weighted by atomic mass is 9.99. The Labute approximate surface area is 128 Å². The Morgan fingerprint density at radius 3 is 2.57 bits per heavy atom. The zero-order valence-corrected chi connectivity index (χ0v) is 13.5. The van der Waals surface area contributed by atoms with Crippen molar-refractivity contribution in [1.82, 2.24) is 9.80 Å². The van der Waals surface area contributed by atoms with Crippen LogP contribution in [0.25, 0.3) is 0 Å². The van der Waals surface area contributed by atoms with E-state index in [0.717, 1.165) is 39.0 Å². The number of carbonyl (C=O) groups is 1. The van der Waals surface area contributed by atoms with Crippen molar-refractivity contribution in [3.63, 3.8) is 0 Å². The molecule has 0 bridgehead atoms. The Hall–Kier alpha value is -0.610. The Kier molecular flexibility index (Phi) is 4.85. The number of ether oxygens (including phenoxy) is 1. The summed E-state index contributed by atoms with van der Waals surface area (Å²) < 4.78 is 6.01. The zero-order chi connectivity index (χ0) is 14.7. The molecule has 0 aromatic heterocycles. The smallest absolute Gasteiger partial charge is 0.222 e. The Morgan fingerprint density at radius 1 is 1.14 bits per heavy atom. The third-order valence-electron chi connectivity index (χ3n) is 5.66. The minimum absolute atomic E-state index is 0.00841. The number of likely N-dealkylation sites (tertiary alicyclic amines) is 1. The second-order valence-corrected chi connectivity index (χ2v) is 7.18. The average Bonchev–Trinajstić information content (AvgIpc) is 3.16. The van der Waals surface area contributed by atoms with Crippen molar-refractivity contribution in [2.45, 2.75) is 69.9 Å². The van der Waals surface area contributed by atoms with Gasteiger partial charge in [-0.3, -0.25) is 4.79 Å². The summed E-state index contributed by atoms with van der Waals surface area (Å²) in [7, 11) is 0. The molecule has 1 aliphatic carbocycles. The van der Waals surface area contributed by atoms with Crippen LogP contribution < -0.4 is 0 Å². The van der Waals surface area contributed by atoms with Crippen LogP contribution in [0.3, 0.4) is 0 Å². The van der Waals surface area contributed by atoms with Crippen LogP contribution in [0.2, 0.25) is 0 Å². The van der Waals surface area contributed by atoms with E-state index >= 15 is 0 Å². The molecule has 0 N–H and O–H groups in total. The summed E-state index contributed by atoms with van der Waals surface area (Å²) >= 11 is 0. The molecule has 4 heteroatoms. The van der Waals surface area contributed by atoms with E-state index < -0.39 is 0 Å². The van der Waals surface area contributed by atoms with Crippen LogP contribution in [-0.2, 0) is 9.53 Å². The minimum atomic E-state index is 0.00841. The molecule has 120 valence electrons. The maximum atomic E-state index is 12.5. The Morgan fingerprint density at radius 2 is 1.86 bits per heavy atom. The predicted molar refractivity (Wildman–Crippen MR) is 83.2 cm³/mol. The second-order valence-electron chi connectivity index (χ2n) is 7.18. The van der Waals surface area contributed by atoms with E-state index in [-0.39, 0.29) is 5.60 Å². The summed E-state index contributed by atoms with van der Waals surface area (Å²) in [5.41, 5.74) is 0.00841. The molecule has 1 atom stereocenters. The quantitative estimate of drug-likeness (QED) is 0.798. The summed E-state index contributed by atoms with van der Waals surface area (Å²) in [6.45, 7) is 7.07. The molecule has 2 heterocycles. The van der Waals surface area contributed by atoms with Crippen molar-refractivity contribution >= 4 is 5.91 Å². The molecule has 0 aromatic carbocycles. The molecule has 3 aliphatic rings. The first-order chi connectivity index (χ1) is 10.2. The summed E-state index contributed by atoms with van der Waals surface area (Å²) in [5, 5.41) is 0. The van der Waals surface area contributed by atoms with Crippen LogP contribution in [0, 0.1) is 0 Å². The molecule has 1 amide bonds. The number of hydrogen-bond donors (Lipinski definition) is 0. The predicted octanol–water partition coefficient (Wildman–Crippen LogP) is 2.42. The van der Waals surface area contributed by atoms with Gasteiger partial charge in [-0.2, -0.15) is 0 Å². The van der Waals surface area contributed by atoms with Gasteiger partial charge in [-0.1, -0.05) is 12.8 Å². The average molecular weight is 294 g/mol. The number of morpholine rings is 1. The molecule has 3 rings (SSSR count). The maximum Gasteiger partial charge on any atom is 0.222 e. The highest BCUT2D eigenvalue weighted by atomic mass is 16.5. The molecule has 1 spiro atoms. The number of amides is 1. The lowest BCUT2D eigenvalue weighted by molar-refractivity contribution is -0.150. The highest BCUT2D eigenvalue weighted by Gasteiger charge is 2.40. The van der Waals surface area contributed by atoms with Crippen LogP contribution in [0.4, 0.5) is 0 Å². The maximum absolute atomic E-state index is 12.5. The molecule has 21 heavy (non-hydrogen) atoms. The summed E-state index contributed by atoms with van der Waals surface area (Å²) in [4.78, 5) is 17.1. The molecule has 3 fully saturated rings. The summed E-state index contributed by atoms with van der Waals surface area (Å²) in [5.74, 6) is 0.343. The molecular formula is C17H30N2O2. The second kappa shape index (κ2) is 6.66. The third-order valence-corrected chi connectivity index (χ3v) is 5.66. The fraction of sp³-hybridized carbons (Fsp3) is 0.941. The first kappa shape index (κ1) is 15.3. The van der Waals surface area contributed by atoms with E-state index in [9.17, 15) is 4.79 Å². The van der Waals surface area contributed by atoms with Crippen LogP contribution in [0.15, 0.2) is 0 Å². The van der Waals surface area contributed by atoms with E-state index in [1.807, 2.05) is 0 Å². The van der Waals surface area contributed by atoms with Gasteiger partial charge in [0, 0.05) is 25.6 Å². The fourth-order valence-electron chi connectivity index (χ4n) is 4.23. The standard InChI is InChI=1S/C17H30N2O2/c1-15(18-10-4-5-11-18)6-7-16(20)19-12-13-21-17(14-19)8-2-3-9-17/h15H,2-14H2,1H3/t15-/m1/s1. The van der Waals surface area contributed by atoms with Crippen LogP contribution in [0.5, 0.6) is 0 Å². The van der Waals surface area contributed by atoms with Crippen molar-refractivity contribution in [2.75, 3.05) is 32.8 Å². The van der Waals surface area contributed by atoms with Gasteiger partial charge in [0.15, 0.2) is 0 Å². The van der Waals surface area contributed by atoms with Crippen molar-refractivity contribution in [3.8, 4) is 0 Å². The first-order valence-electron chi connectivity index (χ1n) is 8.84. The zero-order valence-electron chi connectivity index (χ0n) is 13.5. The van der Waals surface area contributed by atoms with E-state index in [4.69, 9.17) is 4.74 Å². The van der Waals surface area contributed by atoms with Gasteiger partial charge in [0.2, 0.25) is 5.91 Å². The number of carbonyl (C=O) groups excluding carboxylic acids is 1. The molecule has 0 radical (unpaired) electrons. The normalized spacial score (nSPS) is 27.4. The van der Waals surface area contributed by atoms with Gasteiger partial charge in [-0.15, -0.1) is 0 Å². The van der Waals surface area contributed by atoms with E-state index in [1.54, 1.807) is 0 Å². The van der Waals surface area contributed by atoms with E-state index in [0.29, 0.717) is 18.4 Å². The molecular weight excluding hydrogens is 264 g/mol. The topological polar surface area (TPSA) is 32.8 Å². The SMILES string of the molecule is C[C@H](CCC(=O)N1CCOC2(CCCC2)C1)N1CCCC1. The first-order valence-corrected chi connectivity index (χ1v) is 8.84. The van der Waals surface area contributed by atoms with Gasteiger partial charge in [0.25, 0.3) is 0 Å². The van der Waals surface area contributed by atoms with E-state index in [2.05, 4.69) is 16.7 Å². The molecule has 0 unspecified atom stereocenters. The lowest BCUT2D eigenvalue weighted by Gasteiger charge is -2.40. The van der Waals surface area contributed by atoms with E-state index in [1.165, 1.54) is 38.8 Å². The largest absolute Gasteiger partial charge is 0.371 e. The molecule has 2 saturated heterocycles. The van der Waals surface area contributed by atoms with Gasteiger partial charge >= 0.3 is 0 Å². The summed E-state index contributed by atoms with van der Waals surface area (Å²) in [6, 6.07) is 0.554. The van der Waals surface area contributed by atoms with Crippen LogP contribution in [-0.4, -0.2) is 60.1 Å². The molecule has 4 nitrogen and oxygen atoms in total. The lowest BCUT2D eigenvalue weighted by Crippen LogP contribution is -2.52. The number of nitrogens with zero attached hydrogens (tertiary/aromatic N) is 2. The van der Waals surface area contributed by atoms with Gasteiger partial charge in [0.05, 0.1) is 12.2 Å². The third kappa shape index (κ3) is 3.59. The monoisotopic (exact) mass is 294 g/mol. The van der Waals surface area contributed by atoms with Gasteiger partial charge in [-0.05, 0) is 52.1 Å². The fourth-order valence-corrected chi connectivity index (χ4v) is 4.23. The molecule has 1 saturated carbocycles. The summed E-state index contributed by atoms with van der Waals surface area (Å²) in [6.07, 6.45) is 9.15. The van der Waals surface area contributed by atoms with Gasteiger partial charge in [-0.25, -0.2) is 0 Å². The highest BCUT2D eigenvalue weighted by molar-refractivity contribution is 5.76. The van der Waals surface area contributed by atoms with Gasteiger partial charge < -0.3 is 14.5 Å². The van der Waals surface area contributed by atoms with Crippen molar-refractivity contribution in [3.05, 3.63) is 0 Å². The van der Waals surface area contributed by atoms with Crippen molar-refractivity contribution in [1.29, 1.82) is 0 Å². The highest BCUT2D eigenvalue weighted by Crippen LogP contribution is 2.36. The van der Waals surface area contributed by atoms with Crippen molar-refractivity contribution in [2.24, 2.45) is 0 Å². The Bertz CT molecular complexity index is 360. The van der Waals surface area contributed by atoms with Crippen molar-refractivity contribution < 1.29 is 9.53 Å². The molecule has 2 aliphatic heterocycles. The minimum Gasteiger partial charge on any atom is -0.371 e. The number of hydrogen-bond acceptors (Lipinski definition) is 3.